The van der Waals surface area contributed by atoms with Crippen molar-refractivity contribution in [3.8, 4) is 11.5 Å². The van der Waals surface area contributed by atoms with Gasteiger partial charge in [0.15, 0.2) is 16.6 Å². The smallest absolute Gasteiger partial charge is 0.231 e. The molecule has 2 heterocycles. The van der Waals surface area contributed by atoms with Crippen molar-refractivity contribution in [2.45, 2.75) is 0 Å². The molecule has 3 rings (SSSR count). The zero-order chi connectivity index (χ0) is 16.8. The summed E-state index contributed by atoms with van der Waals surface area (Å²) in [6, 6.07) is 3.73. The van der Waals surface area contributed by atoms with Gasteiger partial charge in [-0.2, -0.15) is 5.10 Å². The minimum Gasteiger partial charge on any atom is -0.454 e. The molecule has 0 amide bonds. The maximum atomic E-state index is 5.36. The molecular weight excluding hydrogens is 396 g/mol. The van der Waals surface area contributed by atoms with E-state index in [1.807, 2.05) is 12.1 Å². The van der Waals surface area contributed by atoms with Crippen LogP contribution in [0, 0.1) is 0 Å². The molecule has 2 aliphatic heterocycles. The molecule has 2 aliphatic rings. The average Bonchev–Trinajstić information content (AvgIpc) is 3.03. The van der Waals surface area contributed by atoms with Gasteiger partial charge in [0.25, 0.3) is 0 Å². The van der Waals surface area contributed by atoms with Crippen molar-refractivity contribution in [1.82, 2.24) is 15.6 Å². The van der Waals surface area contributed by atoms with Crippen molar-refractivity contribution in [3.63, 3.8) is 0 Å². The molecule has 1 saturated heterocycles. The van der Waals surface area contributed by atoms with E-state index in [9.17, 15) is 0 Å². The number of hydrogen-bond acceptors (Lipinski definition) is 6. The summed E-state index contributed by atoms with van der Waals surface area (Å²) >= 11 is 8.70. The van der Waals surface area contributed by atoms with Crippen LogP contribution >= 0.6 is 28.1 Å². The number of hydrogen-bond donors (Lipinski definition) is 2. The zero-order valence-electron chi connectivity index (χ0n) is 13.1. The Morgan fingerprint density at radius 2 is 2.04 bits per heavy atom. The minimum absolute atomic E-state index is 0.248. The minimum atomic E-state index is 0.248. The number of fused-ring (bicyclic) bond motifs is 1. The summed E-state index contributed by atoms with van der Waals surface area (Å²) < 4.78 is 16.9. The lowest BCUT2D eigenvalue weighted by Crippen LogP contribution is -2.42. The van der Waals surface area contributed by atoms with Gasteiger partial charge in [0, 0.05) is 36.2 Å². The van der Waals surface area contributed by atoms with Crippen LogP contribution in [0.4, 0.5) is 0 Å². The van der Waals surface area contributed by atoms with Gasteiger partial charge in [0.2, 0.25) is 6.79 Å². The summed E-state index contributed by atoms with van der Waals surface area (Å²) in [5.74, 6) is 1.44. The van der Waals surface area contributed by atoms with Crippen LogP contribution < -0.4 is 20.2 Å². The molecule has 7 nitrogen and oxygen atoms in total. The molecule has 0 saturated carbocycles. The standard InChI is InChI=1S/C15H19BrN4O3S/c16-12-8-14-13(22-10-23-14)7-11(12)9-18-19-15(24)17-1-2-20-3-5-21-6-4-20/h7-9H,1-6,10H2,(H2,17,19,24)/b18-9+. The Kier molecular flexibility index (Phi) is 6.24. The van der Waals surface area contributed by atoms with Crippen LogP contribution in [0.5, 0.6) is 11.5 Å². The van der Waals surface area contributed by atoms with E-state index in [2.05, 4.69) is 36.7 Å². The van der Waals surface area contributed by atoms with Gasteiger partial charge >= 0.3 is 0 Å². The largest absolute Gasteiger partial charge is 0.454 e. The lowest BCUT2D eigenvalue weighted by Gasteiger charge is -2.26. The third kappa shape index (κ3) is 4.79. The number of rotatable bonds is 5. The molecule has 130 valence electrons. The Morgan fingerprint density at radius 3 is 2.83 bits per heavy atom. The summed E-state index contributed by atoms with van der Waals surface area (Å²) in [5, 5.41) is 7.79. The highest BCUT2D eigenvalue weighted by atomic mass is 79.9. The van der Waals surface area contributed by atoms with Gasteiger partial charge in [-0.15, -0.1) is 0 Å². The Morgan fingerprint density at radius 1 is 1.29 bits per heavy atom. The fraction of sp³-hybridized carbons (Fsp3) is 0.467. The van der Waals surface area contributed by atoms with E-state index in [0.717, 1.165) is 55.2 Å². The van der Waals surface area contributed by atoms with Gasteiger partial charge in [0.1, 0.15) is 0 Å². The molecular formula is C15H19BrN4O3S. The molecule has 9 heteroatoms. The number of thiocarbonyl (C=S) groups is 1. The quantitative estimate of drug-likeness (QED) is 0.427. The molecule has 0 aliphatic carbocycles. The second kappa shape index (κ2) is 8.61. The molecule has 0 spiro atoms. The summed E-state index contributed by atoms with van der Waals surface area (Å²) in [7, 11) is 0. The summed E-state index contributed by atoms with van der Waals surface area (Å²) in [5.41, 5.74) is 3.70. The van der Waals surface area contributed by atoms with Gasteiger partial charge in [-0.1, -0.05) is 0 Å². The predicted octanol–water partition coefficient (Wildman–Crippen LogP) is 1.31. The molecule has 0 aromatic heterocycles. The normalized spacial score (nSPS) is 17.2. The summed E-state index contributed by atoms with van der Waals surface area (Å²) in [4.78, 5) is 2.34. The number of morpholine rings is 1. The molecule has 0 radical (unpaired) electrons. The molecule has 1 fully saturated rings. The van der Waals surface area contributed by atoms with Crippen LogP contribution in [-0.2, 0) is 4.74 Å². The number of nitrogens with zero attached hydrogens (tertiary/aromatic N) is 2. The third-order valence-electron chi connectivity index (χ3n) is 3.68. The number of hydrazone groups is 1. The Bertz CT molecular complexity index is 623. The van der Waals surface area contributed by atoms with Crippen LogP contribution in [0.3, 0.4) is 0 Å². The Balaban J connectivity index is 1.41. The van der Waals surface area contributed by atoms with Crippen molar-refractivity contribution < 1.29 is 14.2 Å². The van der Waals surface area contributed by atoms with Crippen molar-refractivity contribution in [3.05, 3.63) is 22.2 Å². The number of ether oxygens (including phenoxy) is 3. The van der Waals surface area contributed by atoms with E-state index < -0.39 is 0 Å². The molecule has 1 aromatic carbocycles. The monoisotopic (exact) mass is 414 g/mol. The molecule has 24 heavy (non-hydrogen) atoms. The topological polar surface area (TPSA) is 67.4 Å². The maximum Gasteiger partial charge on any atom is 0.231 e. The predicted molar refractivity (Wildman–Crippen MR) is 98.9 cm³/mol. The van der Waals surface area contributed by atoms with E-state index in [1.54, 1.807) is 6.21 Å². The highest BCUT2D eigenvalue weighted by Gasteiger charge is 2.15. The second-order valence-corrected chi connectivity index (χ2v) is 6.57. The highest BCUT2D eigenvalue weighted by molar-refractivity contribution is 9.10. The average molecular weight is 415 g/mol. The molecule has 1 aromatic rings. The van der Waals surface area contributed by atoms with Crippen molar-refractivity contribution >= 4 is 39.5 Å². The third-order valence-corrected chi connectivity index (χ3v) is 4.60. The number of benzene rings is 1. The maximum absolute atomic E-state index is 5.36. The second-order valence-electron chi connectivity index (χ2n) is 5.31. The zero-order valence-corrected chi connectivity index (χ0v) is 15.5. The van der Waals surface area contributed by atoms with Crippen LogP contribution in [0.25, 0.3) is 0 Å². The van der Waals surface area contributed by atoms with Crippen molar-refractivity contribution in [2.75, 3.05) is 46.2 Å². The van der Waals surface area contributed by atoms with Crippen LogP contribution in [0.1, 0.15) is 5.56 Å². The highest BCUT2D eigenvalue weighted by Crippen LogP contribution is 2.36. The molecule has 2 N–H and O–H groups in total. The van der Waals surface area contributed by atoms with E-state index in [4.69, 9.17) is 26.4 Å². The first-order valence-electron chi connectivity index (χ1n) is 7.68. The first-order chi connectivity index (χ1) is 11.7. The van der Waals surface area contributed by atoms with Gasteiger partial charge in [0.05, 0.1) is 19.4 Å². The van der Waals surface area contributed by atoms with Crippen molar-refractivity contribution in [2.24, 2.45) is 5.10 Å². The van der Waals surface area contributed by atoms with Crippen LogP contribution in [0.2, 0.25) is 0 Å². The van der Waals surface area contributed by atoms with E-state index >= 15 is 0 Å². The van der Waals surface area contributed by atoms with Crippen LogP contribution in [-0.4, -0.2) is 62.4 Å². The van der Waals surface area contributed by atoms with Gasteiger partial charge in [-0.25, -0.2) is 0 Å². The number of nitrogens with one attached hydrogen (secondary N) is 2. The lowest BCUT2D eigenvalue weighted by atomic mass is 10.2. The lowest BCUT2D eigenvalue weighted by molar-refractivity contribution is 0.0389. The van der Waals surface area contributed by atoms with Gasteiger partial charge in [-0.3, -0.25) is 10.3 Å². The molecule has 0 unspecified atom stereocenters. The van der Waals surface area contributed by atoms with Gasteiger partial charge < -0.3 is 19.5 Å². The summed E-state index contributed by atoms with van der Waals surface area (Å²) in [6.07, 6.45) is 1.68. The van der Waals surface area contributed by atoms with Gasteiger partial charge in [-0.05, 0) is 40.3 Å². The molecule has 0 atom stereocenters. The summed E-state index contributed by atoms with van der Waals surface area (Å²) in [6.45, 7) is 5.50. The number of halogens is 1. The first kappa shape index (κ1) is 17.4. The van der Waals surface area contributed by atoms with E-state index in [1.165, 1.54) is 0 Å². The Hall–Kier alpha value is -1.42. The van der Waals surface area contributed by atoms with Crippen molar-refractivity contribution in [1.29, 1.82) is 0 Å². The fourth-order valence-electron chi connectivity index (χ4n) is 2.38. The van der Waals surface area contributed by atoms with E-state index in [-0.39, 0.29) is 6.79 Å². The van der Waals surface area contributed by atoms with E-state index in [0.29, 0.717) is 10.9 Å². The first-order valence-corrected chi connectivity index (χ1v) is 8.88. The van der Waals surface area contributed by atoms with Crippen LogP contribution in [0.15, 0.2) is 21.7 Å². The SMILES string of the molecule is S=C(NCCN1CCOCC1)N/N=C/c1cc2c(cc1Br)OCO2. The Labute approximate surface area is 154 Å². The fourth-order valence-corrected chi connectivity index (χ4v) is 2.96. The molecule has 0 bridgehead atoms.